The Bertz CT molecular complexity index is 2110. The lowest BCUT2D eigenvalue weighted by atomic mass is 9.82. The zero-order valence-electron chi connectivity index (χ0n) is 34.8. The molecule has 0 bridgehead atoms. The Kier molecular flexibility index (Phi) is 14.6. The van der Waals surface area contributed by atoms with E-state index in [-0.39, 0.29) is 12.1 Å². The number of likely N-dealkylation sites (tertiary alicyclic amines) is 2. The van der Waals surface area contributed by atoms with Gasteiger partial charge in [0.25, 0.3) is 11.8 Å². The molecule has 6 rings (SSSR count). The smallest absolute Gasteiger partial charge is 0.417 e. The fourth-order valence-electron chi connectivity index (χ4n) is 8.23. The summed E-state index contributed by atoms with van der Waals surface area (Å²) in [6.45, 7) is 2.13. The van der Waals surface area contributed by atoms with Gasteiger partial charge in [-0.15, -0.1) is 0 Å². The molecule has 2 amide bonds. The Balaban J connectivity index is 0.000000241. The van der Waals surface area contributed by atoms with Crippen LogP contribution in [-0.4, -0.2) is 76.1 Å². The molecule has 2 saturated heterocycles. The molecule has 20 heteroatoms. The first-order chi connectivity index (χ1) is 29.7. The highest BCUT2D eigenvalue weighted by Crippen LogP contribution is 2.44. The quantitative estimate of drug-likeness (QED) is 0.171. The van der Waals surface area contributed by atoms with Crippen LogP contribution in [0.15, 0.2) is 84.9 Å². The van der Waals surface area contributed by atoms with Gasteiger partial charge in [-0.05, 0) is 88.3 Å². The molecule has 0 aliphatic carbocycles. The molecule has 348 valence electrons. The van der Waals surface area contributed by atoms with Crippen LogP contribution in [-0.2, 0) is 35.8 Å². The number of nitrogens with zero attached hydrogens (tertiary/aromatic N) is 2. The summed E-state index contributed by atoms with van der Waals surface area (Å²) < 4.78 is 171. The lowest BCUT2D eigenvalue weighted by Gasteiger charge is -2.42. The average molecular weight is 921 g/mol. The molecule has 4 aromatic rings. The molecule has 2 fully saturated rings. The number of carbonyl (C=O) groups is 2. The van der Waals surface area contributed by atoms with Gasteiger partial charge < -0.3 is 29.9 Å². The Hall–Kier alpha value is -5.50. The van der Waals surface area contributed by atoms with Gasteiger partial charge in [-0.25, -0.2) is 0 Å². The zero-order valence-corrected chi connectivity index (χ0v) is 34.8. The molecule has 0 spiro atoms. The Morgan fingerprint density at radius 3 is 1.12 bits per heavy atom. The van der Waals surface area contributed by atoms with E-state index in [4.69, 9.17) is 9.47 Å². The van der Waals surface area contributed by atoms with E-state index in [1.807, 2.05) is 23.9 Å². The number of halogens is 12. The molecular formula is C44H44F12N4O4. The fraction of sp³-hybridized carbons (Fsp3) is 0.409. The summed E-state index contributed by atoms with van der Waals surface area (Å²) in [6.07, 6.45) is -18.2. The first kappa shape index (κ1) is 49.5. The topological polar surface area (TPSA) is 83.1 Å². The third-order valence-electron chi connectivity index (χ3n) is 11.1. The van der Waals surface area contributed by atoms with Crippen molar-refractivity contribution in [2.24, 2.45) is 0 Å². The molecule has 2 aliphatic heterocycles. The second kappa shape index (κ2) is 18.9. The maximum atomic E-state index is 13.7. The monoisotopic (exact) mass is 920 g/mol. The lowest BCUT2D eigenvalue weighted by molar-refractivity contribution is -0.145. The predicted octanol–water partition coefficient (Wildman–Crippen LogP) is 10.2. The number of carbonyl (C=O) groups excluding carboxylic acids is 2. The van der Waals surface area contributed by atoms with E-state index >= 15 is 0 Å². The minimum Gasteiger partial charge on any atom is -0.496 e. The molecule has 2 aliphatic rings. The Morgan fingerprint density at radius 2 is 0.859 bits per heavy atom. The van der Waals surface area contributed by atoms with Crippen molar-refractivity contribution in [1.29, 1.82) is 0 Å². The summed E-state index contributed by atoms with van der Waals surface area (Å²) in [5.41, 5.74) is -9.08. The SMILES string of the molecule is COc1cc(C(F)(F)F)cc(C(F)(F)F)c1C(=O)NC1(c2ccccc2)CCCN(C)C1.COc1cc(C(F)(F)F)cc(C(F)(F)F)c1C(=O)N[C@@]1(c2ccccc2)CCCN(C)C1. The summed E-state index contributed by atoms with van der Waals surface area (Å²) in [4.78, 5) is 30.3. The van der Waals surface area contributed by atoms with Crippen molar-refractivity contribution in [1.82, 2.24) is 20.4 Å². The minimum absolute atomic E-state index is 0.0559. The summed E-state index contributed by atoms with van der Waals surface area (Å²) in [7, 11) is 5.49. The standard InChI is InChI=1S/2C22H22F6N2O2/c2*1-30-10-6-9-20(13-30,14-7-4-3-5-8-14)29-19(31)18-16(22(26,27)28)11-15(21(23,24)25)12-17(18)32-2/h2*3-5,7-8,11-12H,6,9-10,13H2,1-2H3,(H,29,31)/t20-;/m0./s1. The number of likely N-dealkylation sites (N-methyl/N-ethyl adjacent to an activating group) is 2. The number of methoxy groups -OCH3 is 2. The van der Waals surface area contributed by atoms with Gasteiger partial charge in [0.1, 0.15) is 11.5 Å². The second-order valence-corrected chi connectivity index (χ2v) is 15.7. The maximum absolute atomic E-state index is 13.7. The first-order valence-electron chi connectivity index (χ1n) is 19.6. The van der Waals surface area contributed by atoms with E-state index in [0.29, 0.717) is 62.0 Å². The molecule has 1 unspecified atom stereocenters. The van der Waals surface area contributed by atoms with E-state index < -0.39 is 92.5 Å². The zero-order chi connectivity index (χ0) is 47.5. The van der Waals surface area contributed by atoms with Crippen LogP contribution in [0.25, 0.3) is 0 Å². The summed E-state index contributed by atoms with van der Waals surface area (Å²) in [5.74, 6) is -3.89. The van der Waals surface area contributed by atoms with Crippen LogP contribution in [0.5, 0.6) is 11.5 Å². The van der Waals surface area contributed by atoms with Gasteiger partial charge in [-0.3, -0.25) is 9.59 Å². The number of benzene rings is 4. The average Bonchev–Trinajstić information content (AvgIpc) is 3.22. The number of piperidine rings is 2. The van der Waals surface area contributed by atoms with E-state index in [9.17, 15) is 62.3 Å². The summed E-state index contributed by atoms with van der Waals surface area (Å²) in [6, 6.07) is 18.3. The number of amides is 2. The maximum Gasteiger partial charge on any atom is 0.417 e. The first-order valence-corrected chi connectivity index (χ1v) is 19.6. The molecule has 0 radical (unpaired) electrons. The van der Waals surface area contributed by atoms with Crippen molar-refractivity contribution in [2.45, 2.75) is 61.5 Å². The third kappa shape index (κ3) is 11.2. The van der Waals surface area contributed by atoms with Gasteiger partial charge in [0.2, 0.25) is 0 Å². The molecule has 8 nitrogen and oxygen atoms in total. The highest BCUT2D eigenvalue weighted by Gasteiger charge is 2.46. The van der Waals surface area contributed by atoms with E-state index in [2.05, 4.69) is 10.6 Å². The van der Waals surface area contributed by atoms with Gasteiger partial charge in [0.15, 0.2) is 0 Å². The van der Waals surface area contributed by atoms with Gasteiger partial charge in [0.05, 0.1) is 58.7 Å². The van der Waals surface area contributed by atoms with Crippen LogP contribution in [0.2, 0.25) is 0 Å². The molecule has 0 saturated carbocycles. The number of hydrogen-bond donors (Lipinski definition) is 2. The van der Waals surface area contributed by atoms with Gasteiger partial charge in [-0.1, -0.05) is 60.7 Å². The van der Waals surface area contributed by atoms with Crippen LogP contribution < -0.4 is 20.1 Å². The molecule has 0 aromatic heterocycles. The Labute approximate surface area is 360 Å². The van der Waals surface area contributed by atoms with Crippen molar-refractivity contribution in [3.63, 3.8) is 0 Å². The van der Waals surface area contributed by atoms with Crippen LogP contribution >= 0.6 is 0 Å². The summed E-state index contributed by atoms with van der Waals surface area (Å²) in [5, 5.41) is 5.40. The predicted molar refractivity (Wildman–Crippen MR) is 211 cm³/mol. The van der Waals surface area contributed by atoms with Gasteiger partial charge >= 0.3 is 24.7 Å². The van der Waals surface area contributed by atoms with Crippen LogP contribution in [0.1, 0.15) is 79.8 Å². The minimum atomic E-state index is -5.20. The van der Waals surface area contributed by atoms with Crippen molar-refractivity contribution in [3.8, 4) is 11.5 Å². The largest absolute Gasteiger partial charge is 0.496 e. The Morgan fingerprint density at radius 1 is 0.531 bits per heavy atom. The van der Waals surface area contributed by atoms with Crippen LogP contribution in [0.3, 0.4) is 0 Å². The second-order valence-electron chi connectivity index (χ2n) is 15.7. The van der Waals surface area contributed by atoms with Gasteiger partial charge in [0, 0.05) is 13.1 Å². The van der Waals surface area contributed by atoms with Gasteiger partial charge in [-0.2, -0.15) is 52.7 Å². The lowest BCUT2D eigenvalue weighted by Crippen LogP contribution is -2.55. The number of alkyl halides is 12. The fourth-order valence-corrected chi connectivity index (χ4v) is 8.23. The van der Waals surface area contributed by atoms with E-state index in [1.165, 1.54) is 0 Å². The number of rotatable bonds is 8. The van der Waals surface area contributed by atoms with Crippen molar-refractivity contribution >= 4 is 11.8 Å². The number of hydrogen-bond acceptors (Lipinski definition) is 6. The normalized spacial score (nSPS) is 20.1. The third-order valence-corrected chi connectivity index (χ3v) is 11.1. The molecule has 64 heavy (non-hydrogen) atoms. The molecule has 2 heterocycles. The van der Waals surface area contributed by atoms with Crippen molar-refractivity contribution in [2.75, 3.05) is 54.5 Å². The van der Waals surface area contributed by atoms with Crippen LogP contribution in [0, 0.1) is 0 Å². The van der Waals surface area contributed by atoms with E-state index in [0.717, 1.165) is 27.3 Å². The molecular weight excluding hydrogens is 876 g/mol. The van der Waals surface area contributed by atoms with Crippen molar-refractivity contribution in [3.05, 3.63) is 129 Å². The molecule has 2 N–H and O–H groups in total. The van der Waals surface area contributed by atoms with E-state index in [1.54, 1.807) is 60.7 Å². The summed E-state index contributed by atoms with van der Waals surface area (Å²) >= 11 is 0. The number of nitrogens with one attached hydrogen (secondary N) is 2. The van der Waals surface area contributed by atoms with Crippen LogP contribution in [0.4, 0.5) is 52.7 Å². The number of ether oxygens (including phenoxy) is 2. The molecule has 2 atom stereocenters. The highest BCUT2D eigenvalue weighted by molar-refractivity contribution is 6.00. The highest BCUT2D eigenvalue weighted by atomic mass is 19.4. The van der Waals surface area contributed by atoms with Crippen molar-refractivity contribution < 1.29 is 71.7 Å². The molecule has 4 aromatic carbocycles.